The highest BCUT2D eigenvalue weighted by atomic mass is 19.4. The Bertz CT molecular complexity index is 816. The normalized spacial score (nSPS) is 20.6. The summed E-state index contributed by atoms with van der Waals surface area (Å²) in [5, 5.41) is 9.23. The smallest absolute Gasteiger partial charge is 0.419 e. The Kier molecular flexibility index (Phi) is 5.73. The summed E-state index contributed by atoms with van der Waals surface area (Å²) in [7, 11) is 2.61. The van der Waals surface area contributed by atoms with Crippen LogP contribution in [0.15, 0.2) is 29.3 Å². The summed E-state index contributed by atoms with van der Waals surface area (Å²) in [6, 6.07) is 5.19. The van der Waals surface area contributed by atoms with Crippen LogP contribution in [0.4, 0.5) is 18.0 Å². The summed E-state index contributed by atoms with van der Waals surface area (Å²) in [4.78, 5) is 30.1. The number of benzene rings is 1. The number of aliphatic imine (C=N–C) groups is 1. The van der Waals surface area contributed by atoms with Gasteiger partial charge in [-0.2, -0.15) is 18.4 Å². The number of carbonyl (C=O) groups is 2. The first-order valence-corrected chi connectivity index (χ1v) is 7.89. The molecular weight excluding hydrogens is 365 g/mol. The van der Waals surface area contributed by atoms with Crippen molar-refractivity contribution in [1.29, 1.82) is 5.26 Å². The van der Waals surface area contributed by atoms with Gasteiger partial charge in [-0.1, -0.05) is 12.1 Å². The molecule has 27 heavy (non-hydrogen) atoms. The van der Waals surface area contributed by atoms with Gasteiger partial charge in [-0.25, -0.2) is 4.79 Å². The summed E-state index contributed by atoms with van der Waals surface area (Å²) in [6.07, 6.45) is -4.56. The van der Waals surface area contributed by atoms with Crippen molar-refractivity contribution < 1.29 is 27.5 Å². The van der Waals surface area contributed by atoms with Crippen LogP contribution in [0.5, 0.6) is 5.75 Å². The van der Waals surface area contributed by atoms with E-state index in [2.05, 4.69) is 4.99 Å². The molecule has 2 rings (SSSR count). The molecule has 0 saturated carbocycles. The van der Waals surface area contributed by atoms with E-state index in [1.807, 2.05) is 0 Å². The highest BCUT2D eigenvalue weighted by molar-refractivity contribution is 6.19. The van der Waals surface area contributed by atoms with Crippen LogP contribution in [-0.2, 0) is 11.0 Å². The number of amidine groups is 1. The number of imide groups is 1. The van der Waals surface area contributed by atoms with E-state index >= 15 is 0 Å². The molecule has 0 aliphatic carbocycles. The minimum atomic E-state index is -4.56. The van der Waals surface area contributed by atoms with Crippen molar-refractivity contribution in [3.63, 3.8) is 0 Å². The van der Waals surface area contributed by atoms with Gasteiger partial charge in [0.1, 0.15) is 18.2 Å². The third kappa shape index (κ3) is 4.19. The fourth-order valence-corrected chi connectivity index (χ4v) is 2.49. The maximum absolute atomic E-state index is 13.0. The molecule has 0 radical (unpaired) electrons. The van der Waals surface area contributed by atoms with Gasteiger partial charge in [-0.3, -0.25) is 19.6 Å². The summed E-state index contributed by atoms with van der Waals surface area (Å²) < 4.78 is 44.2. The number of hydrogen-bond acceptors (Lipinski definition) is 5. The number of amides is 3. The molecule has 7 nitrogen and oxygen atoms in total. The number of halogens is 3. The number of nitriles is 1. The lowest BCUT2D eigenvalue weighted by Gasteiger charge is -2.33. The molecular formula is C17H17F3N4O3. The van der Waals surface area contributed by atoms with E-state index in [4.69, 9.17) is 4.74 Å². The van der Waals surface area contributed by atoms with Crippen molar-refractivity contribution in [2.45, 2.75) is 19.1 Å². The van der Waals surface area contributed by atoms with Gasteiger partial charge in [-0.05, 0) is 19.1 Å². The predicted octanol–water partition coefficient (Wildman–Crippen LogP) is 2.53. The van der Waals surface area contributed by atoms with Crippen LogP contribution in [-0.4, -0.2) is 54.3 Å². The van der Waals surface area contributed by atoms with E-state index < -0.39 is 35.6 Å². The van der Waals surface area contributed by atoms with Gasteiger partial charge in [0.15, 0.2) is 5.92 Å². The first-order valence-electron chi connectivity index (χ1n) is 7.89. The van der Waals surface area contributed by atoms with Gasteiger partial charge in [0.05, 0.1) is 17.7 Å². The number of urea groups is 1. The van der Waals surface area contributed by atoms with Crippen LogP contribution in [0.1, 0.15) is 12.5 Å². The van der Waals surface area contributed by atoms with Gasteiger partial charge in [0, 0.05) is 14.1 Å². The Morgan fingerprint density at radius 3 is 2.48 bits per heavy atom. The number of nitrogens with zero attached hydrogens (tertiary/aromatic N) is 4. The zero-order valence-electron chi connectivity index (χ0n) is 14.8. The number of carbonyl (C=O) groups excluding carboxylic acids is 2. The van der Waals surface area contributed by atoms with E-state index in [-0.39, 0.29) is 18.2 Å². The first-order chi connectivity index (χ1) is 12.6. The number of hydrogen-bond donors (Lipinski definition) is 0. The van der Waals surface area contributed by atoms with Crippen LogP contribution in [0, 0.1) is 17.2 Å². The molecule has 10 heteroatoms. The lowest BCUT2D eigenvalue weighted by atomic mass is 10.1. The van der Waals surface area contributed by atoms with Gasteiger partial charge >= 0.3 is 12.2 Å². The molecule has 1 saturated heterocycles. The largest absolute Gasteiger partial charge is 0.491 e. The minimum Gasteiger partial charge on any atom is -0.491 e. The Morgan fingerprint density at radius 1 is 1.26 bits per heavy atom. The third-order valence-corrected chi connectivity index (χ3v) is 3.91. The van der Waals surface area contributed by atoms with Crippen molar-refractivity contribution in [2.24, 2.45) is 10.9 Å². The highest BCUT2D eigenvalue weighted by Gasteiger charge is 2.41. The second-order valence-electron chi connectivity index (χ2n) is 5.94. The highest BCUT2D eigenvalue weighted by Crippen LogP contribution is 2.35. The number of rotatable bonds is 4. The summed E-state index contributed by atoms with van der Waals surface area (Å²) in [5.41, 5.74) is -0.915. The molecule has 1 aliphatic heterocycles. The van der Waals surface area contributed by atoms with Crippen molar-refractivity contribution >= 4 is 17.8 Å². The standard InChI is InChI=1S/C17H17F3N4O3/c1-10(9-27-13-7-5-4-6-12(13)17(18,19)20)22-14-11(8-21)15(25)24(3)16(26)23(14)2/h4-7,10-11H,9H2,1-3H3. The fraction of sp³-hybridized carbons (Fsp3) is 0.412. The van der Waals surface area contributed by atoms with Crippen LogP contribution in [0.3, 0.4) is 0 Å². The number of alkyl halides is 3. The average Bonchev–Trinajstić information content (AvgIpc) is 2.62. The number of ether oxygens (including phenoxy) is 1. The summed E-state index contributed by atoms with van der Waals surface area (Å²) >= 11 is 0. The van der Waals surface area contributed by atoms with Crippen LogP contribution in [0.25, 0.3) is 0 Å². The molecule has 0 spiro atoms. The van der Waals surface area contributed by atoms with E-state index in [1.165, 1.54) is 32.3 Å². The Morgan fingerprint density at radius 2 is 1.89 bits per heavy atom. The molecule has 1 aliphatic rings. The maximum Gasteiger partial charge on any atom is 0.419 e. The van der Waals surface area contributed by atoms with Gasteiger partial charge in [-0.15, -0.1) is 0 Å². The van der Waals surface area contributed by atoms with Crippen molar-refractivity contribution in [3.05, 3.63) is 29.8 Å². The zero-order valence-corrected chi connectivity index (χ0v) is 14.8. The van der Waals surface area contributed by atoms with Gasteiger partial charge in [0.2, 0.25) is 0 Å². The zero-order chi connectivity index (χ0) is 20.4. The van der Waals surface area contributed by atoms with Crippen LogP contribution in [0.2, 0.25) is 0 Å². The minimum absolute atomic E-state index is 0.0641. The lowest BCUT2D eigenvalue weighted by molar-refractivity contribution is -0.139. The van der Waals surface area contributed by atoms with Crippen molar-refractivity contribution in [1.82, 2.24) is 9.80 Å². The molecule has 1 heterocycles. The molecule has 1 aromatic rings. The first kappa shape index (κ1) is 20.2. The Balaban J connectivity index is 2.19. The van der Waals surface area contributed by atoms with Gasteiger partial charge < -0.3 is 4.74 Å². The SMILES string of the molecule is CC(COc1ccccc1C(F)(F)F)N=C1C(C#N)C(=O)N(C)C(=O)N1C. The molecule has 2 unspecified atom stereocenters. The van der Waals surface area contributed by atoms with E-state index in [9.17, 15) is 28.0 Å². The van der Waals surface area contributed by atoms with Crippen molar-refractivity contribution in [3.8, 4) is 11.8 Å². The second-order valence-corrected chi connectivity index (χ2v) is 5.94. The third-order valence-electron chi connectivity index (χ3n) is 3.91. The quantitative estimate of drug-likeness (QED) is 0.801. The molecule has 1 fully saturated rings. The van der Waals surface area contributed by atoms with E-state index in [0.29, 0.717) is 0 Å². The second kappa shape index (κ2) is 7.65. The monoisotopic (exact) mass is 382 g/mol. The van der Waals surface area contributed by atoms with E-state index in [1.54, 1.807) is 13.0 Å². The maximum atomic E-state index is 13.0. The molecule has 0 bridgehead atoms. The topological polar surface area (TPSA) is 86.0 Å². The Hall–Kier alpha value is -3.09. The van der Waals surface area contributed by atoms with Crippen LogP contribution >= 0.6 is 0 Å². The molecule has 0 N–H and O–H groups in total. The molecule has 3 amide bonds. The predicted molar refractivity (Wildman–Crippen MR) is 88.9 cm³/mol. The molecule has 0 aromatic heterocycles. The van der Waals surface area contributed by atoms with E-state index in [0.717, 1.165) is 15.9 Å². The molecule has 144 valence electrons. The van der Waals surface area contributed by atoms with Crippen molar-refractivity contribution in [2.75, 3.05) is 20.7 Å². The molecule has 1 aromatic carbocycles. The Labute approximate surface area is 153 Å². The van der Waals surface area contributed by atoms with Crippen LogP contribution < -0.4 is 4.74 Å². The van der Waals surface area contributed by atoms with Gasteiger partial charge in [0.25, 0.3) is 5.91 Å². The number of para-hydroxylation sites is 1. The lowest BCUT2D eigenvalue weighted by Crippen LogP contribution is -2.56. The summed E-state index contributed by atoms with van der Waals surface area (Å²) in [6.45, 7) is 1.31. The average molecular weight is 382 g/mol. The summed E-state index contributed by atoms with van der Waals surface area (Å²) in [5.74, 6) is -2.40. The fourth-order valence-electron chi connectivity index (χ4n) is 2.49. The molecule has 2 atom stereocenters.